The average Bonchev–Trinajstić information content (AvgIpc) is 2.97. The number of hydrogen-bond donors (Lipinski definition) is 0. The maximum atomic E-state index is 7.22. The Bertz CT molecular complexity index is 1200. The van der Waals surface area contributed by atoms with Crippen molar-refractivity contribution in [2.75, 3.05) is 21.3 Å². The van der Waals surface area contributed by atoms with E-state index in [0.29, 0.717) is 10.4 Å². The molecule has 0 N–H and O–H groups in total. The topological polar surface area (TPSA) is 64.6 Å². The van der Waals surface area contributed by atoms with Gasteiger partial charge in [0.05, 0.1) is 0 Å². The van der Waals surface area contributed by atoms with E-state index in [1.54, 1.807) is 45.6 Å². The van der Waals surface area contributed by atoms with E-state index in [1.807, 2.05) is 108 Å². The lowest BCUT2D eigenvalue weighted by atomic mass is 10.4. The van der Waals surface area contributed by atoms with Crippen LogP contribution in [0, 0.1) is 0 Å². The molecule has 0 spiro atoms. The highest BCUT2D eigenvalue weighted by atomic mass is 28.5. The zero-order valence-corrected chi connectivity index (χ0v) is 30.6. The second kappa shape index (κ2) is 17.7. The number of hydrogen-bond acceptors (Lipinski definition) is 7. The van der Waals surface area contributed by atoms with E-state index in [2.05, 4.69) is 19.7 Å². The highest BCUT2D eigenvalue weighted by Gasteiger charge is 2.68. The molecular weight excluding hydrogens is 597 g/mol. The van der Waals surface area contributed by atoms with Crippen molar-refractivity contribution in [2.24, 2.45) is 0 Å². The third-order valence-electron chi connectivity index (χ3n) is 6.18. The fourth-order valence-electron chi connectivity index (χ4n) is 4.38. The summed E-state index contributed by atoms with van der Waals surface area (Å²) in [5.41, 5.74) is 0. The Morgan fingerprint density at radius 3 is 1.14 bits per heavy atom. The van der Waals surface area contributed by atoms with Gasteiger partial charge in [-0.2, -0.15) is 0 Å². The summed E-state index contributed by atoms with van der Waals surface area (Å²) in [6.07, 6.45) is 27.7. The summed E-state index contributed by atoms with van der Waals surface area (Å²) in [4.78, 5) is 0. The van der Waals surface area contributed by atoms with Crippen LogP contribution >= 0.6 is 0 Å². The van der Waals surface area contributed by atoms with Crippen LogP contribution in [0.25, 0.3) is 0 Å². The minimum absolute atomic E-state index is 0.632. The van der Waals surface area contributed by atoms with Crippen LogP contribution in [0.5, 0.6) is 0 Å². The van der Waals surface area contributed by atoms with Crippen LogP contribution in [-0.2, 0) is 29.7 Å². The van der Waals surface area contributed by atoms with Crippen molar-refractivity contribution in [1.82, 2.24) is 0 Å². The van der Waals surface area contributed by atoms with Gasteiger partial charge in [0.25, 0.3) is 0 Å². The Labute approximate surface area is 258 Å². The Kier molecular flexibility index (Phi) is 16.0. The molecule has 0 bridgehead atoms. The molecule has 11 heteroatoms. The summed E-state index contributed by atoms with van der Waals surface area (Å²) in [6.45, 7) is 23.3. The summed E-state index contributed by atoms with van der Waals surface area (Å²) in [5.74, 6) is 0. The van der Waals surface area contributed by atoms with Crippen LogP contribution in [0.15, 0.2) is 132 Å². The Morgan fingerprint density at radius 2 is 0.810 bits per heavy atom. The Morgan fingerprint density at radius 1 is 0.500 bits per heavy atom. The van der Waals surface area contributed by atoms with E-state index >= 15 is 0 Å². The fourth-order valence-corrected chi connectivity index (χ4v) is 23.0. The lowest BCUT2D eigenvalue weighted by molar-refractivity contribution is 0.0807. The molecule has 0 aromatic rings. The van der Waals surface area contributed by atoms with Gasteiger partial charge in [0, 0.05) is 36.9 Å². The lowest BCUT2D eigenvalue weighted by Crippen LogP contribution is -2.73. The molecule has 4 unspecified atom stereocenters. The Hall–Kier alpha value is -2.27. The molecule has 1 aliphatic rings. The van der Waals surface area contributed by atoms with Crippen LogP contribution < -0.4 is 0 Å². The summed E-state index contributed by atoms with van der Waals surface area (Å²) < 4.78 is 47.7. The van der Waals surface area contributed by atoms with Crippen molar-refractivity contribution in [3.05, 3.63) is 132 Å². The van der Waals surface area contributed by atoms with E-state index in [1.165, 1.54) is 0 Å². The third-order valence-corrected chi connectivity index (χ3v) is 22.0. The predicted molar refractivity (Wildman–Crippen MR) is 182 cm³/mol. The summed E-state index contributed by atoms with van der Waals surface area (Å²) in [6, 6.07) is 0. The summed E-state index contributed by atoms with van der Waals surface area (Å²) in [7, 11) is -10.6. The van der Waals surface area contributed by atoms with Crippen LogP contribution in [-0.4, -0.2) is 56.3 Å². The second-order valence-electron chi connectivity index (χ2n) is 8.95. The van der Waals surface area contributed by atoms with E-state index in [4.69, 9.17) is 29.7 Å². The van der Waals surface area contributed by atoms with Crippen LogP contribution in [0.4, 0.5) is 0 Å². The van der Waals surface area contributed by atoms with E-state index < -0.39 is 35.0 Å². The largest absolute Gasteiger partial charge is 0.522 e. The van der Waals surface area contributed by atoms with Gasteiger partial charge in [-0.3, -0.25) is 0 Å². The number of allylic oxidation sites excluding steroid dienone is 19. The molecule has 1 rings (SSSR count). The van der Waals surface area contributed by atoms with Gasteiger partial charge in [-0.25, -0.2) is 0 Å². The summed E-state index contributed by atoms with van der Waals surface area (Å²) >= 11 is 0. The minimum atomic E-state index is -3.98. The molecular formula is C31H48O7Si4. The van der Waals surface area contributed by atoms with Gasteiger partial charge < -0.3 is 29.7 Å². The highest BCUT2D eigenvalue weighted by molar-refractivity contribution is 6.97. The van der Waals surface area contributed by atoms with Gasteiger partial charge in [0.15, 0.2) is 0 Å². The van der Waals surface area contributed by atoms with Crippen LogP contribution in [0.2, 0.25) is 6.55 Å². The van der Waals surface area contributed by atoms with Crippen molar-refractivity contribution in [2.45, 2.75) is 41.2 Å². The van der Waals surface area contributed by atoms with Crippen molar-refractivity contribution < 1.29 is 29.7 Å². The quantitative estimate of drug-likeness (QED) is 0.142. The molecule has 1 saturated heterocycles. The standard InChI is InChI=1S/C31H48O7Si4/c1-13-21-28(20-8)40(32-9)35-39(12,29(22-14-2)23-15-3)36-41(33-10,30(24-16-4)25-17-5)38-42(34-11,37-40)31(26-18-6)27-19-7/h13-27H,2,4,6H2,1,3,5,7-12H3/b21-13-,23-15-,25-17-,27-19-,28-20+,29-22+,30-24+,31-26+. The van der Waals surface area contributed by atoms with Crippen molar-refractivity contribution >= 4 is 35.0 Å². The molecule has 0 saturated carbocycles. The fraction of sp³-hybridized carbons (Fsp3) is 0.290. The highest BCUT2D eigenvalue weighted by Crippen LogP contribution is 2.42. The van der Waals surface area contributed by atoms with Gasteiger partial charge in [0.1, 0.15) is 0 Å². The Balaban J connectivity index is 4.55. The zero-order valence-electron chi connectivity index (χ0n) is 26.6. The monoisotopic (exact) mass is 644 g/mol. The molecule has 0 aromatic carbocycles. The first-order valence-electron chi connectivity index (χ1n) is 13.7. The molecule has 7 nitrogen and oxygen atoms in total. The molecule has 0 radical (unpaired) electrons. The van der Waals surface area contributed by atoms with Crippen LogP contribution in [0.1, 0.15) is 34.6 Å². The third kappa shape index (κ3) is 8.42. The number of rotatable bonds is 14. The molecule has 230 valence electrons. The van der Waals surface area contributed by atoms with Gasteiger partial charge in [0.2, 0.25) is 0 Å². The summed E-state index contributed by atoms with van der Waals surface area (Å²) in [5, 5.41) is 2.80. The van der Waals surface area contributed by atoms with E-state index in [0.717, 1.165) is 10.4 Å². The maximum absolute atomic E-state index is 7.22. The van der Waals surface area contributed by atoms with E-state index in [-0.39, 0.29) is 0 Å². The van der Waals surface area contributed by atoms with Crippen LogP contribution in [0.3, 0.4) is 0 Å². The molecule has 0 aromatic heterocycles. The smallest absolute Gasteiger partial charge is 0.387 e. The first kappa shape index (κ1) is 37.8. The minimum Gasteiger partial charge on any atom is -0.387 e. The molecule has 1 heterocycles. The molecule has 0 aliphatic carbocycles. The molecule has 0 amide bonds. The molecule has 42 heavy (non-hydrogen) atoms. The average molecular weight is 645 g/mol. The van der Waals surface area contributed by atoms with Gasteiger partial charge in [-0.05, 0) is 46.4 Å². The van der Waals surface area contributed by atoms with Gasteiger partial charge >= 0.3 is 35.0 Å². The van der Waals surface area contributed by atoms with Crippen molar-refractivity contribution in [3.8, 4) is 0 Å². The molecule has 4 atom stereocenters. The predicted octanol–water partition coefficient (Wildman–Crippen LogP) is 7.64. The molecule has 1 fully saturated rings. The van der Waals surface area contributed by atoms with Crippen molar-refractivity contribution in [1.29, 1.82) is 0 Å². The van der Waals surface area contributed by atoms with Gasteiger partial charge in [-0.1, -0.05) is 111 Å². The maximum Gasteiger partial charge on any atom is 0.522 e. The zero-order chi connectivity index (χ0) is 31.9. The van der Waals surface area contributed by atoms with Crippen molar-refractivity contribution in [3.63, 3.8) is 0 Å². The first-order valence-corrected chi connectivity index (χ1v) is 21.2. The van der Waals surface area contributed by atoms with Gasteiger partial charge in [-0.15, -0.1) is 0 Å². The van der Waals surface area contributed by atoms with E-state index in [9.17, 15) is 0 Å². The SMILES string of the molecule is C=C/C=C(\C=C/C)[Si]1(C)O[Si](OC)(C(/C=C\C)=C/C)O[Si](OC)(C(/C=C\C)=C/C=C)O[Si](OC)(C(/C=C\C)=C/C=C)O1. The second-order valence-corrected chi connectivity index (χ2v) is 21.0. The first-order chi connectivity index (χ1) is 20.1. The normalized spacial score (nSPS) is 30.8. The lowest BCUT2D eigenvalue weighted by Gasteiger charge is -2.50. The molecule has 1 aliphatic heterocycles.